The molecule has 0 aliphatic heterocycles. The van der Waals surface area contributed by atoms with E-state index in [9.17, 15) is 4.79 Å². The fraction of sp³-hybridized carbons (Fsp3) is 0.188. The summed E-state index contributed by atoms with van der Waals surface area (Å²) in [5.74, 6) is 0.827. The van der Waals surface area contributed by atoms with E-state index in [1.54, 1.807) is 43.6 Å². The Bertz CT molecular complexity index is 932. The van der Waals surface area contributed by atoms with E-state index in [1.165, 1.54) is 11.8 Å². The van der Waals surface area contributed by atoms with E-state index in [1.807, 2.05) is 0 Å². The second-order valence-electron chi connectivity index (χ2n) is 5.27. The van der Waals surface area contributed by atoms with Crippen LogP contribution in [0.2, 0.25) is 10.3 Å². The minimum absolute atomic E-state index is 0.0259. The fourth-order valence-corrected chi connectivity index (χ4v) is 2.67. The second kappa shape index (κ2) is 7.67. The van der Waals surface area contributed by atoms with Gasteiger partial charge >= 0.3 is 0 Å². The first-order chi connectivity index (χ1) is 12.5. The third kappa shape index (κ3) is 3.92. The van der Waals surface area contributed by atoms with E-state index in [2.05, 4.69) is 25.4 Å². The highest BCUT2D eigenvalue weighted by molar-refractivity contribution is 6.31. The van der Waals surface area contributed by atoms with Crippen LogP contribution in [0, 0.1) is 0 Å². The van der Waals surface area contributed by atoms with E-state index >= 15 is 0 Å². The lowest BCUT2D eigenvalue weighted by Gasteiger charge is -2.14. The maximum atomic E-state index is 12.6. The number of nitrogens with zero attached hydrogens (tertiary/aromatic N) is 5. The molecular weight excluding hydrogens is 379 g/mol. The van der Waals surface area contributed by atoms with Crippen molar-refractivity contribution in [2.45, 2.75) is 13.0 Å². The zero-order valence-electron chi connectivity index (χ0n) is 13.8. The van der Waals surface area contributed by atoms with Crippen molar-refractivity contribution in [2.24, 2.45) is 0 Å². The zero-order valence-corrected chi connectivity index (χ0v) is 15.4. The van der Waals surface area contributed by atoms with Gasteiger partial charge in [0.2, 0.25) is 5.28 Å². The molecule has 10 heteroatoms. The number of hydrogen-bond donors (Lipinski definition) is 1. The van der Waals surface area contributed by atoms with Gasteiger partial charge in [0.05, 0.1) is 13.2 Å². The maximum absolute atomic E-state index is 12.6. The summed E-state index contributed by atoms with van der Waals surface area (Å²) in [6.07, 6.45) is 3.15. The summed E-state index contributed by atoms with van der Waals surface area (Å²) in [6, 6.07) is 5.91. The lowest BCUT2D eigenvalue weighted by molar-refractivity contribution is 0.0937. The summed E-state index contributed by atoms with van der Waals surface area (Å²) < 4.78 is 6.51. The van der Waals surface area contributed by atoms with Crippen LogP contribution in [-0.2, 0) is 0 Å². The number of rotatable bonds is 5. The molecule has 8 nitrogen and oxygen atoms in total. The van der Waals surface area contributed by atoms with Gasteiger partial charge in [0.1, 0.15) is 5.75 Å². The lowest BCUT2D eigenvalue weighted by atomic mass is 10.2. The van der Waals surface area contributed by atoms with Gasteiger partial charge in [-0.3, -0.25) is 4.79 Å². The van der Waals surface area contributed by atoms with Gasteiger partial charge in [-0.1, -0.05) is 11.6 Å². The molecule has 3 aromatic rings. The van der Waals surface area contributed by atoms with Crippen LogP contribution in [-0.4, -0.2) is 37.7 Å². The van der Waals surface area contributed by atoms with Crippen molar-refractivity contribution in [3.8, 4) is 11.7 Å². The molecule has 1 unspecified atom stereocenters. The van der Waals surface area contributed by atoms with Crippen LogP contribution in [0.1, 0.15) is 29.1 Å². The Labute approximate surface area is 159 Å². The van der Waals surface area contributed by atoms with Gasteiger partial charge < -0.3 is 10.1 Å². The van der Waals surface area contributed by atoms with Crippen LogP contribution in [0.3, 0.4) is 0 Å². The van der Waals surface area contributed by atoms with Gasteiger partial charge in [-0.2, -0.15) is 9.67 Å². The van der Waals surface area contributed by atoms with E-state index in [0.29, 0.717) is 28.1 Å². The van der Waals surface area contributed by atoms with Gasteiger partial charge in [-0.05, 0) is 42.8 Å². The molecule has 0 aliphatic carbocycles. The highest BCUT2D eigenvalue weighted by Gasteiger charge is 2.21. The Kier molecular flexibility index (Phi) is 5.34. The normalized spacial score (nSPS) is 11.8. The topological polar surface area (TPSA) is 94.8 Å². The summed E-state index contributed by atoms with van der Waals surface area (Å²) in [7, 11) is 1.50. The molecule has 0 bridgehead atoms. The molecule has 26 heavy (non-hydrogen) atoms. The van der Waals surface area contributed by atoms with Gasteiger partial charge in [0.25, 0.3) is 11.9 Å². The van der Waals surface area contributed by atoms with Crippen LogP contribution in [0.25, 0.3) is 5.95 Å². The average molecular weight is 393 g/mol. The molecule has 2 aromatic heterocycles. The lowest BCUT2D eigenvalue weighted by Crippen LogP contribution is -2.29. The number of methoxy groups -OCH3 is 1. The summed E-state index contributed by atoms with van der Waals surface area (Å²) in [4.78, 5) is 25.0. The molecule has 0 aliphatic rings. The first kappa shape index (κ1) is 18.1. The van der Waals surface area contributed by atoms with Crippen molar-refractivity contribution in [3.05, 3.63) is 58.4 Å². The molecule has 0 spiro atoms. The number of nitrogens with one attached hydrogen (secondary N) is 1. The van der Waals surface area contributed by atoms with E-state index in [4.69, 9.17) is 27.9 Å². The molecule has 3 rings (SSSR count). The van der Waals surface area contributed by atoms with Crippen molar-refractivity contribution in [1.29, 1.82) is 0 Å². The Morgan fingerprint density at radius 2 is 1.96 bits per heavy atom. The largest absolute Gasteiger partial charge is 0.497 e. The smallest absolute Gasteiger partial charge is 0.252 e. The molecule has 0 fully saturated rings. The SMILES string of the molecule is COc1cc(Cl)cc(C(=O)NC(C)c2nc(Cl)nn2-c2ncccn2)c1. The Balaban J connectivity index is 1.86. The van der Waals surface area contributed by atoms with Crippen molar-refractivity contribution in [2.75, 3.05) is 7.11 Å². The minimum Gasteiger partial charge on any atom is -0.497 e. The van der Waals surface area contributed by atoms with Crippen LogP contribution < -0.4 is 10.1 Å². The van der Waals surface area contributed by atoms with Crippen LogP contribution in [0.5, 0.6) is 5.75 Å². The van der Waals surface area contributed by atoms with Gasteiger partial charge in [-0.15, -0.1) is 5.10 Å². The number of carbonyl (C=O) groups is 1. The molecule has 134 valence electrons. The van der Waals surface area contributed by atoms with Crippen molar-refractivity contribution >= 4 is 29.1 Å². The predicted molar refractivity (Wildman–Crippen MR) is 95.8 cm³/mol. The van der Waals surface area contributed by atoms with Crippen LogP contribution in [0.4, 0.5) is 0 Å². The van der Waals surface area contributed by atoms with Gasteiger partial charge in [-0.25, -0.2) is 9.97 Å². The van der Waals surface area contributed by atoms with E-state index < -0.39 is 6.04 Å². The summed E-state index contributed by atoms with van der Waals surface area (Å²) >= 11 is 11.9. The Morgan fingerprint density at radius 3 is 2.65 bits per heavy atom. The van der Waals surface area contributed by atoms with Gasteiger partial charge in [0.15, 0.2) is 5.82 Å². The van der Waals surface area contributed by atoms with E-state index in [0.717, 1.165) is 0 Å². The summed E-state index contributed by atoms with van der Waals surface area (Å²) in [6.45, 7) is 1.75. The molecule has 1 amide bonds. The number of amides is 1. The van der Waals surface area contributed by atoms with Crippen molar-refractivity contribution in [3.63, 3.8) is 0 Å². The standard InChI is InChI=1S/C16H14Cl2N6O2/c1-9(21-14(25)10-6-11(17)8-12(7-10)26-2)13-22-15(18)23-24(13)16-19-4-3-5-20-16/h3-9H,1-2H3,(H,21,25). The van der Waals surface area contributed by atoms with Crippen LogP contribution >= 0.6 is 23.2 Å². The summed E-state index contributed by atoms with van der Waals surface area (Å²) in [5.41, 5.74) is 0.356. The first-order valence-electron chi connectivity index (χ1n) is 7.53. The van der Waals surface area contributed by atoms with Crippen molar-refractivity contribution in [1.82, 2.24) is 30.0 Å². The molecule has 0 saturated heterocycles. The Morgan fingerprint density at radius 1 is 1.23 bits per heavy atom. The monoisotopic (exact) mass is 392 g/mol. The molecule has 2 heterocycles. The molecule has 0 radical (unpaired) electrons. The number of halogens is 2. The molecule has 1 aromatic carbocycles. The quantitative estimate of drug-likeness (QED) is 0.716. The molecule has 1 atom stereocenters. The Hall–Kier alpha value is -2.71. The molecule has 1 N–H and O–H groups in total. The number of ether oxygens (including phenoxy) is 1. The van der Waals surface area contributed by atoms with Crippen molar-refractivity contribution < 1.29 is 9.53 Å². The highest BCUT2D eigenvalue weighted by atomic mass is 35.5. The number of benzene rings is 1. The number of hydrogen-bond acceptors (Lipinski definition) is 6. The first-order valence-corrected chi connectivity index (χ1v) is 8.29. The van der Waals surface area contributed by atoms with Gasteiger partial charge in [0, 0.05) is 23.0 Å². The zero-order chi connectivity index (χ0) is 18.7. The highest BCUT2D eigenvalue weighted by Crippen LogP contribution is 2.22. The summed E-state index contributed by atoms with van der Waals surface area (Å²) in [5, 5.41) is 7.32. The predicted octanol–water partition coefficient (Wildman–Crippen LogP) is 2.86. The van der Waals surface area contributed by atoms with E-state index in [-0.39, 0.29) is 11.2 Å². The minimum atomic E-state index is -0.517. The molecule has 0 saturated carbocycles. The number of aromatic nitrogens is 5. The fourth-order valence-electron chi connectivity index (χ4n) is 2.28. The molecular formula is C16H14Cl2N6O2. The number of carbonyl (C=O) groups excluding carboxylic acids is 1. The third-order valence-electron chi connectivity index (χ3n) is 3.45. The second-order valence-corrected chi connectivity index (χ2v) is 6.05. The average Bonchev–Trinajstić information content (AvgIpc) is 3.03. The van der Waals surface area contributed by atoms with Crippen LogP contribution in [0.15, 0.2) is 36.7 Å². The third-order valence-corrected chi connectivity index (χ3v) is 3.83. The maximum Gasteiger partial charge on any atom is 0.252 e.